The van der Waals surface area contributed by atoms with Crippen molar-refractivity contribution in [2.75, 3.05) is 17.6 Å². The number of amides is 1. The van der Waals surface area contributed by atoms with Gasteiger partial charge in [-0.05, 0) is 62.4 Å². The van der Waals surface area contributed by atoms with Gasteiger partial charge in [0.05, 0.1) is 18.2 Å². The van der Waals surface area contributed by atoms with Crippen molar-refractivity contribution in [3.8, 4) is 0 Å². The van der Waals surface area contributed by atoms with Gasteiger partial charge in [0.15, 0.2) is 0 Å². The van der Waals surface area contributed by atoms with Crippen LogP contribution in [-0.4, -0.2) is 23.4 Å². The molecule has 0 bridgehead atoms. The largest absolute Gasteiger partial charge is 0.457 e. The summed E-state index contributed by atoms with van der Waals surface area (Å²) in [5.74, 6) is 6.06. The Labute approximate surface area is 205 Å². The first-order valence-corrected chi connectivity index (χ1v) is 12.2. The molecule has 3 rings (SSSR count). The molecular weight excluding hydrogens is 451 g/mol. The molecule has 190 valence electrons. The Morgan fingerprint density at radius 2 is 1.94 bits per heavy atom. The molecule has 1 aromatic heterocycles. The van der Waals surface area contributed by atoms with Gasteiger partial charge >= 0.3 is 5.97 Å². The summed E-state index contributed by atoms with van der Waals surface area (Å²) < 4.78 is 18.1. The van der Waals surface area contributed by atoms with Crippen LogP contribution in [0.4, 0.5) is 15.9 Å². The predicted octanol–water partition coefficient (Wildman–Crippen LogP) is 5.46. The number of carbonyl (C=O) groups excluding carboxylic acids is 2. The van der Waals surface area contributed by atoms with Gasteiger partial charge in [0.25, 0.3) is 5.91 Å². The lowest BCUT2D eigenvalue weighted by Gasteiger charge is -2.31. The molecule has 0 spiro atoms. The SMILES string of the molecule is CC/C=C\c1oc(C(Nc2ccc(C(=O)N(N)CCC(=O)OF)cc2)C2CCCCC2)c(N)c1C. The quantitative estimate of drug-likeness (QED) is 0.231. The first kappa shape index (κ1) is 26.3. The van der Waals surface area contributed by atoms with E-state index < -0.39 is 11.9 Å². The molecule has 1 aliphatic carbocycles. The Balaban J connectivity index is 1.79. The maximum atomic E-state index is 12.5. The average molecular weight is 487 g/mol. The van der Waals surface area contributed by atoms with Gasteiger partial charge in [0, 0.05) is 27.9 Å². The van der Waals surface area contributed by atoms with Crippen molar-refractivity contribution in [1.82, 2.24) is 5.01 Å². The molecule has 1 unspecified atom stereocenters. The van der Waals surface area contributed by atoms with Crippen molar-refractivity contribution in [1.29, 1.82) is 0 Å². The molecule has 0 aliphatic heterocycles. The summed E-state index contributed by atoms with van der Waals surface area (Å²) in [4.78, 5) is 26.6. The van der Waals surface area contributed by atoms with E-state index in [1.165, 1.54) is 19.3 Å². The molecule has 2 aromatic rings. The highest BCUT2D eigenvalue weighted by Crippen LogP contribution is 2.41. The minimum absolute atomic E-state index is 0.1000. The van der Waals surface area contributed by atoms with Gasteiger partial charge in [-0.1, -0.05) is 32.3 Å². The van der Waals surface area contributed by atoms with Crippen LogP contribution < -0.4 is 16.9 Å². The number of anilines is 2. The Morgan fingerprint density at radius 1 is 1.26 bits per heavy atom. The molecule has 35 heavy (non-hydrogen) atoms. The topological polar surface area (TPSA) is 124 Å². The number of carbonyl (C=O) groups is 2. The van der Waals surface area contributed by atoms with Crippen molar-refractivity contribution >= 4 is 29.3 Å². The third kappa shape index (κ3) is 6.63. The second kappa shape index (κ2) is 12.4. The number of hydrogen-bond acceptors (Lipinski definition) is 7. The lowest BCUT2D eigenvalue weighted by Crippen LogP contribution is -2.39. The standard InChI is InChI=1S/C26H35FN4O4/c1-3-4-10-21-17(2)23(28)25(34-21)24(18-8-6-5-7-9-18)30-20-13-11-19(12-14-20)26(33)31(29)16-15-22(32)35-27/h4,10-14,18,24,30H,3,5-9,15-16,28-29H2,1-2H3/b10-4-. The minimum Gasteiger partial charge on any atom is -0.457 e. The fourth-order valence-corrected chi connectivity index (χ4v) is 4.45. The highest BCUT2D eigenvalue weighted by atomic mass is 19.3. The molecule has 1 aliphatic rings. The first-order chi connectivity index (χ1) is 16.8. The number of nitrogen functional groups attached to an aromatic ring is 1. The van der Waals surface area contributed by atoms with Gasteiger partial charge in [-0.25, -0.2) is 10.6 Å². The van der Waals surface area contributed by atoms with E-state index in [0.717, 1.165) is 47.0 Å². The zero-order chi connectivity index (χ0) is 25.4. The number of nitrogens with two attached hydrogens (primary N) is 2. The third-order valence-electron chi connectivity index (χ3n) is 6.53. The maximum Gasteiger partial charge on any atom is 0.350 e. The van der Waals surface area contributed by atoms with Crippen molar-refractivity contribution in [3.05, 3.63) is 53.0 Å². The normalized spacial score (nSPS) is 15.2. The molecule has 1 fully saturated rings. The van der Waals surface area contributed by atoms with Crippen LogP contribution in [0.5, 0.6) is 0 Å². The second-order valence-electron chi connectivity index (χ2n) is 8.98. The minimum atomic E-state index is -1.08. The summed E-state index contributed by atoms with van der Waals surface area (Å²) in [5, 5.41) is 4.45. The summed E-state index contributed by atoms with van der Waals surface area (Å²) >= 11 is 0. The average Bonchev–Trinajstić information content (AvgIpc) is 3.17. The van der Waals surface area contributed by atoms with E-state index in [-0.39, 0.29) is 19.0 Å². The molecule has 0 saturated heterocycles. The predicted molar refractivity (Wildman–Crippen MR) is 134 cm³/mol. The van der Waals surface area contributed by atoms with Gasteiger partial charge in [0.1, 0.15) is 11.5 Å². The summed E-state index contributed by atoms with van der Waals surface area (Å²) in [5.41, 5.74) is 9.28. The monoisotopic (exact) mass is 486 g/mol. The molecule has 1 aromatic carbocycles. The zero-order valence-corrected chi connectivity index (χ0v) is 20.4. The molecule has 8 nitrogen and oxygen atoms in total. The van der Waals surface area contributed by atoms with Crippen LogP contribution in [-0.2, 0) is 9.74 Å². The Morgan fingerprint density at radius 3 is 2.57 bits per heavy atom. The van der Waals surface area contributed by atoms with Crippen molar-refractivity contribution in [3.63, 3.8) is 0 Å². The van der Waals surface area contributed by atoms with Crippen LogP contribution in [0.3, 0.4) is 0 Å². The molecule has 1 saturated carbocycles. The summed E-state index contributed by atoms with van der Waals surface area (Å²) in [7, 11) is 0. The van der Waals surface area contributed by atoms with E-state index in [9.17, 15) is 14.1 Å². The highest BCUT2D eigenvalue weighted by Gasteiger charge is 2.31. The number of benzene rings is 1. The number of hydrogen-bond donors (Lipinski definition) is 3. The van der Waals surface area contributed by atoms with E-state index in [2.05, 4.69) is 23.3 Å². The summed E-state index contributed by atoms with van der Waals surface area (Å²) in [6.07, 6.45) is 10.3. The number of hydrazine groups is 1. The fraction of sp³-hybridized carbons (Fsp3) is 0.462. The van der Waals surface area contributed by atoms with Crippen molar-refractivity contribution < 1.29 is 23.5 Å². The molecule has 1 atom stereocenters. The van der Waals surface area contributed by atoms with E-state index in [4.69, 9.17) is 16.0 Å². The lowest BCUT2D eigenvalue weighted by molar-refractivity contribution is -0.183. The smallest absolute Gasteiger partial charge is 0.350 e. The van der Waals surface area contributed by atoms with Gasteiger partial charge in [-0.2, -0.15) is 0 Å². The number of halogens is 1. The van der Waals surface area contributed by atoms with Gasteiger partial charge in [-0.15, -0.1) is 0 Å². The molecular formula is C26H35FN4O4. The molecule has 5 N–H and O–H groups in total. The van der Waals surface area contributed by atoms with Gasteiger partial charge in [-0.3, -0.25) is 14.7 Å². The Kier molecular flexibility index (Phi) is 9.31. The van der Waals surface area contributed by atoms with Crippen LogP contribution >= 0.6 is 0 Å². The number of furan rings is 1. The first-order valence-electron chi connectivity index (χ1n) is 12.2. The van der Waals surface area contributed by atoms with Gasteiger partial charge in [0.2, 0.25) is 0 Å². The summed E-state index contributed by atoms with van der Waals surface area (Å²) in [6.45, 7) is 3.89. The Hall–Kier alpha value is -3.33. The molecule has 9 heteroatoms. The number of nitrogens with one attached hydrogen (secondary N) is 1. The third-order valence-corrected chi connectivity index (χ3v) is 6.53. The maximum absolute atomic E-state index is 12.5. The van der Waals surface area contributed by atoms with Crippen molar-refractivity contribution in [2.24, 2.45) is 11.8 Å². The van der Waals surface area contributed by atoms with Crippen LogP contribution in [0, 0.1) is 12.8 Å². The lowest BCUT2D eigenvalue weighted by atomic mass is 9.82. The van der Waals surface area contributed by atoms with Crippen molar-refractivity contribution in [2.45, 2.75) is 64.8 Å². The zero-order valence-electron chi connectivity index (χ0n) is 20.4. The fourth-order valence-electron chi connectivity index (χ4n) is 4.45. The highest BCUT2D eigenvalue weighted by molar-refractivity contribution is 5.94. The van der Waals surface area contributed by atoms with Gasteiger partial charge < -0.3 is 15.5 Å². The van der Waals surface area contributed by atoms with Crippen LogP contribution in [0.2, 0.25) is 0 Å². The van der Waals surface area contributed by atoms with E-state index in [1.807, 2.05) is 13.0 Å². The number of nitrogens with zero attached hydrogens (tertiary/aromatic N) is 1. The number of rotatable bonds is 10. The van der Waals surface area contributed by atoms with E-state index >= 15 is 0 Å². The van der Waals surface area contributed by atoms with Crippen LogP contribution in [0.1, 0.15) is 85.4 Å². The molecule has 1 amide bonds. The second-order valence-corrected chi connectivity index (χ2v) is 8.98. The molecule has 0 radical (unpaired) electrons. The van der Waals surface area contributed by atoms with E-state index in [0.29, 0.717) is 17.2 Å². The van der Waals surface area contributed by atoms with E-state index in [1.54, 1.807) is 24.3 Å². The van der Waals surface area contributed by atoms with Crippen LogP contribution in [0.15, 0.2) is 34.8 Å². The summed E-state index contributed by atoms with van der Waals surface area (Å²) in [6, 6.07) is 6.81. The van der Waals surface area contributed by atoms with Crippen LogP contribution in [0.25, 0.3) is 6.08 Å². The Bertz CT molecular complexity index is 1030. The molecule has 1 heterocycles. The number of allylic oxidation sites excluding steroid dienone is 1.